The van der Waals surface area contributed by atoms with Gasteiger partial charge in [0.25, 0.3) is 0 Å². The van der Waals surface area contributed by atoms with E-state index in [9.17, 15) is 0 Å². The van der Waals surface area contributed by atoms with Crippen LogP contribution in [0.15, 0.2) is 30.9 Å². The molecule has 0 radical (unpaired) electrons. The van der Waals surface area contributed by atoms with Gasteiger partial charge in [-0.2, -0.15) is 5.10 Å². The van der Waals surface area contributed by atoms with E-state index in [2.05, 4.69) is 30.4 Å². The lowest BCUT2D eigenvalue weighted by molar-refractivity contribution is 0.193. The van der Waals surface area contributed by atoms with Crippen LogP contribution in [0.1, 0.15) is 18.2 Å². The van der Waals surface area contributed by atoms with Crippen LogP contribution in [-0.4, -0.2) is 48.1 Å². The number of hydrogen-bond donors (Lipinski definition) is 1. The van der Waals surface area contributed by atoms with E-state index in [1.54, 1.807) is 17.2 Å². The molecule has 1 saturated heterocycles. The van der Waals surface area contributed by atoms with Crippen LogP contribution < -0.4 is 0 Å². The van der Waals surface area contributed by atoms with E-state index in [0.29, 0.717) is 24.0 Å². The van der Waals surface area contributed by atoms with Gasteiger partial charge in [0.15, 0.2) is 5.82 Å². The van der Waals surface area contributed by atoms with Gasteiger partial charge in [-0.3, -0.25) is 9.67 Å². The smallest absolute Gasteiger partial charge is 0.199 e. The van der Waals surface area contributed by atoms with E-state index in [1.807, 2.05) is 18.2 Å². The highest BCUT2D eigenvalue weighted by Gasteiger charge is 2.22. The molecule has 1 aliphatic rings. The summed E-state index contributed by atoms with van der Waals surface area (Å²) >= 11 is 0. The highest BCUT2D eigenvalue weighted by molar-refractivity contribution is 5.50. The van der Waals surface area contributed by atoms with E-state index < -0.39 is 0 Å². The summed E-state index contributed by atoms with van der Waals surface area (Å²) in [7, 11) is 0. The molecule has 0 bridgehead atoms. The van der Waals surface area contributed by atoms with Crippen molar-refractivity contribution in [2.45, 2.75) is 12.3 Å². The summed E-state index contributed by atoms with van der Waals surface area (Å²) in [5.74, 6) is 2.48. The first-order chi connectivity index (χ1) is 10.4. The van der Waals surface area contributed by atoms with Gasteiger partial charge in [-0.15, -0.1) is 10.2 Å². The zero-order chi connectivity index (χ0) is 14.1. The minimum Gasteiger partial charge on any atom is -0.381 e. The Morgan fingerprint density at radius 3 is 2.90 bits per heavy atom. The second-order valence-electron chi connectivity index (χ2n) is 4.85. The molecule has 0 aliphatic carbocycles. The molecular formula is C13H13N7O. The highest BCUT2D eigenvalue weighted by atomic mass is 16.5. The number of nitrogens with one attached hydrogen (secondary N) is 1. The molecule has 0 spiro atoms. The van der Waals surface area contributed by atoms with Crippen LogP contribution in [0.25, 0.3) is 17.3 Å². The Hall–Kier alpha value is -2.61. The third-order valence-electron chi connectivity index (χ3n) is 3.47. The lowest BCUT2D eigenvalue weighted by Crippen LogP contribution is -2.00. The molecule has 0 aromatic carbocycles. The number of H-pyrrole nitrogens is 1. The fraction of sp³-hybridized carbons (Fsp3) is 0.308. The average molecular weight is 283 g/mol. The molecule has 1 aliphatic heterocycles. The Morgan fingerprint density at radius 1 is 1.19 bits per heavy atom. The predicted molar refractivity (Wildman–Crippen MR) is 72.7 cm³/mol. The normalized spacial score (nSPS) is 18.2. The molecule has 3 aromatic rings. The summed E-state index contributed by atoms with van der Waals surface area (Å²) < 4.78 is 7.11. The molecular weight excluding hydrogens is 270 g/mol. The SMILES string of the molecule is c1cc(-c2n[nH]c(C3CCOC3)n2)nc(-n2cnnc2)c1. The van der Waals surface area contributed by atoms with E-state index in [1.165, 1.54) is 0 Å². The molecule has 4 heterocycles. The second-order valence-corrected chi connectivity index (χ2v) is 4.85. The number of hydrogen-bond acceptors (Lipinski definition) is 6. The number of ether oxygens (including phenoxy) is 1. The van der Waals surface area contributed by atoms with E-state index in [-0.39, 0.29) is 0 Å². The number of rotatable bonds is 3. The average Bonchev–Trinajstić information content (AvgIpc) is 3.26. The standard InChI is InChI=1S/C13H13N7O/c1-2-10(16-11(3-1)20-7-14-15-8-20)13-17-12(18-19-13)9-4-5-21-6-9/h1-3,7-9H,4-6H2,(H,17,18,19). The molecule has 8 nitrogen and oxygen atoms in total. The van der Waals surface area contributed by atoms with Crippen LogP contribution in [0.4, 0.5) is 0 Å². The Morgan fingerprint density at radius 2 is 2.10 bits per heavy atom. The molecule has 21 heavy (non-hydrogen) atoms. The predicted octanol–water partition coefficient (Wildman–Crippen LogP) is 0.951. The Labute approximate surface area is 120 Å². The largest absolute Gasteiger partial charge is 0.381 e. The van der Waals surface area contributed by atoms with Crippen molar-refractivity contribution in [2.24, 2.45) is 0 Å². The van der Waals surface area contributed by atoms with Gasteiger partial charge < -0.3 is 4.74 Å². The topological polar surface area (TPSA) is 94.4 Å². The maximum atomic E-state index is 5.37. The number of aromatic nitrogens is 7. The van der Waals surface area contributed by atoms with Gasteiger partial charge in [0.1, 0.15) is 30.0 Å². The van der Waals surface area contributed by atoms with Crippen LogP contribution in [0.5, 0.6) is 0 Å². The summed E-state index contributed by atoms with van der Waals surface area (Å²) in [4.78, 5) is 9.07. The minimum atomic E-state index is 0.298. The van der Waals surface area contributed by atoms with Crippen molar-refractivity contribution in [3.05, 3.63) is 36.7 Å². The third kappa shape index (κ3) is 2.29. The zero-order valence-corrected chi connectivity index (χ0v) is 11.2. The van der Waals surface area contributed by atoms with Crippen molar-refractivity contribution in [3.8, 4) is 17.3 Å². The second kappa shape index (κ2) is 5.06. The number of pyridine rings is 1. The molecule has 1 N–H and O–H groups in total. The summed E-state index contributed by atoms with van der Waals surface area (Å²) in [5.41, 5.74) is 0.711. The Kier molecular flexibility index (Phi) is 2.93. The molecule has 1 atom stereocenters. The number of nitrogens with zero attached hydrogens (tertiary/aromatic N) is 6. The van der Waals surface area contributed by atoms with E-state index in [4.69, 9.17) is 4.74 Å². The van der Waals surface area contributed by atoms with Gasteiger partial charge in [0.2, 0.25) is 0 Å². The Bertz CT molecular complexity index is 731. The van der Waals surface area contributed by atoms with Gasteiger partial charge in [0.05, 0.1) is 6.61 Å². The minimum absolute atomic E-state index is 0.298. The zero-order valence-electron chi connectivity index (χ0n) is 11.2. The quantitative estimate of drug-likeness (QED) is 0.769. The molecule has 1 fully saturated rings. The van der Waals surface area contributed by atoms with E-state index in [0.717, 1.165) is 24.7 Å². The summed E-state index contributed by atoms with van der Waals surface area (Å²) in [6.07, 6.45) is 4.18. The molecule has 106 valence electrons. The van der Waals surface area contributed by atoms with Crippen molar-refractivity contribution in [2.75, 3.05) is 13.2 Å². The fourth-order valence-corrected chi connectivity index (χ4v) is 2.33. The first kappa shape index (κ1) is 12.2. The van der Waals surface area contributed by atoms with Crippen LogP contribution >= 0.6 is 0 Å². The number of aromatic amines is 1. The lowest BCUT2D eigenvalue weighted by Gasteiger charge is -2.02. The highest BCUT2D eigenvalue weighted by Crippen LogP contribution is 2.23. The molecule has 8 heteroatoms. The van der Waals surface area contributed by atoms with Crippen LogP contribution in [-0.2, 0) is 4.74 Å². The molecule has 0 saturated carbocycles. The van der Waals surface area contributed by atoms with Crippen LogP contribution in [0, 0.1) is 0 Å². The van der Waals surface area contributed by atoms with Crippen LogP contribution in [0.3, 0.4) is 0 Å². The molecule has 3 aromatic heterocycles. The third-order valence-corrected chi connectivity index (χ3v) is 3.47. The summed E-state index contributed by atoms with van der Waals surface area (Å²) in [6.45, 7) is 1.48. The first-order valence-corrected chi connectivity index (χ1v) is 6.72. The van der Waals surface area contributed by atoms with Gasteiger partial charge in [-0.1, -0.05) is 6.07 Å². The van der Waals surface area contributed by atoms with Gasteiger partial charge in [-0.05, 0) is 18.6 Å². The van der Waals surface area contributed by atoms with E-state index >= 15 is 0 Å². The van der Waals surface area contributed by atoms with Crippen molar-refractivity contribution >= 4 is 0 Å². The van der Waals surface area contributed by atoms with Gasteiger partial charge >= 0.3 is 0 Å². The van der Waals surface area contributed by atoms with Crippen molar-refractivity contribution < 1.29 is 4.74 Å². The Balaban J connectivity index is 1.65. The maximum Gasteiger partial charge on any atom is 0.199 e. The summed E-state index contributed by atoms with van der Waals surface area (Å²) in [5, 5.41) is 14.8. The fourth-order valence-electron chi connectivity index (χ4n) is 2.33. The van der Waals surface area contributed by atoms with Crippen molar-refractivity contribution in [1.29, 1.82) is 0 Å². The van der Waals surface area contributed by atoms with Gasteiger partial charge in [0, 0.05) is 12.5 Å². The monoisotopic (exact) mass is 283 g/mol. The molecule has 1 unspecified atom stereocenters. The molecule has 4 rings (SSSR count). The van der Waals surface area contributed by atoms with Crippen molar-refractivity contribution in [3.63, 3.8) is 0 Å². The van der Waals surface area contributed by atoms with Gasteiger partial charge in [-0.25, -0.2) is 9.97 Å². The lowest BCUT2D eigenvalue weighted by atomic mass is 10.1. The first-order valence-electron chi connectivity index (χ1n) is 6.72. The van der Waals surface area contributed by atoms with Crippen LogP contribution in [0.2, 0.25) is 0 Å². The summed E-state index contributed by atoms with van der Waals surface area (Å²) in [6, 6.07) is 5.67. The maximum absolute atomic E-state index is 5.37. The van der Waals surface area contributed by atoms with Crippen molar-refractivity contribution in [1.82, 2.24) is 34.9 Å². The molecule has 0 amide bonds.